The quantitative estimate of drug-likeness (QED) is 0.363. The normalized spacial score (nSPS) is 19.6. The zero-order valence-electron chi connectivity index (χ0n) is 26.2. The van der Waals surface area contributed by atoms with E-state index in [2.05, 4.69) is 61.1 Å². The maximum absolute atomic E-state index is 14.3. The number of benzene rings is 1. The predicted molar refractivity (Wildman–Crippen MR) is 171 cm³/mol. The number of carbonyl (C=O) groups is 1. The van der Waals surface area contributed by atoms with Crippen molar-refractivity contribution >= 4 is 28.6 Å². The number of anilines is 2. The third-order valence-electron chi connectivity index (χ3n) is 9.70. The van der Waals surface area contributed by atoms with E-state index >= 15 is 0 Å². The van der Waals surface area contributed by atoms with E-state index in [1.165, 1.54) is 16.3 Å². The molecular formula is C33H41N9O2. The number of carbonyl (C=O) groups excluding carboxylic acids is 1. The monoisotopic (exact) mass is 595 g/mol. The van der Waals surface area contributed by atoms with Gasteiger partial charge in [0.05, 0.1) is 35.8 Å². The number of likely N-dealkylation sites (N-methyl/N-ethyl adjacent to an activating group) is 1. The molecule has 1 amide bonds. The molecule has 4 heterocycles. The van der Waals surface area contributed by atoms with Crippen LogP contribution >= 0.6 is 0 Å². The minimum Gasteiger partial charge on any atom is -0.352 e. The Labute approximate surface area is 258 Å². The molecule has 11 heteroatoms. The summed E-state index contributed by atoms with van der Waals surface area (Å²) in [6.07, 6.45) is 5.17. The van der Waals surface area contributed by atoms with Gasteiger partial charge < -0.3 is 14.7 Å². The van der Waals surface area contributed by atoms with Gasteiger partial charge in [-0.2, -0.15) is 20.0 Å². The van der Waals surface area contributed by atoms with Gasteiger partial charge in [-0.3, -0.25) is 14.5 Å². The van der Waals surface area contributed by atoms with Crippen LogP contribution in [-0.4, -0.2) is 93.4 Å². The molecule has 11 nitrogen and oxygen atoms in total. The Morgan fingerprint density at radius 1 is 1.16 bits per heavy atom. The van der Waals surface area contributed by atoms with Crippen molar-refractivity contribution in [2.24, 2.45) is 0 Å². The molecule has 0 bridgehead atoms. The number of hydrogen-bond donors (Lipinski definition) is 0. The number of nitriles is 1. The molecule has 1 aliphatic carbocycles. The van der Waals surface area contributed by atoms with Crippen LogP contribution in [0.1, 0.15) is 51.7 Å². The van der Waals surface area contributed by atoms with Gasteiger partial charge in [0.1, 0.15) is 11.3 Å². The van der Waals surface area contributed by atoms with E-state index in [0.717, 1.165) is 50.3 Å². The first-order valence-electron chi connectivity index (χ1n) is 15.7. The summed E-state index contributed by atoms with van der Waals surface area (Å²) in [5, 5.41) is 14.8. The van der Waals surface area contributed by atoms with Gasteiger partial charge in [0.2, 0.25) is 11.9 Å². The summed E-state index contributed by atoms with van der Waals surface area (Å²) in [5.41, 5.74) is 3.19. The lowest BCUT2D eigenvalue weighted by Crippen LogP contribution is -2.60. The Balaban J connectivity index is 1.46. The third kappa shape index (κ3) is 5.01. The first-order chi connectivity index (χ1) is 21.2. The van der Waals surface area contributed by atoms with Gasteiger partial charge in [-0.15, -0.1) is 0 Å². The van der Waals surface area contributed by atoms with Crippen molar-refractivity contribution in [3.63, 3.8) is 0 Å². The van der Waals surface area contributed by atoms with Crippen LogP contribution in [0.3, 0.4) is 0 Å². The fraction of sp³-hybridized carbons (Fsp3) is 0.515. The molecule has 2 saturated heterocycles. The van der Waals surface area contributed by atoms with E-state index < -0.39 is 0 Å². The summed E-state index contributed by atoms with van der Waals surface area (Å²) in [7, 11) is 0. The van der Waals surface area contributed by atoms with Crippen LogP contribution in [0.15, 0.2) is 41.8 Å². The Morgan fingerprint density at radius 2 is 1.93 bits per heavy atom. The molecular weight excluding hydrogens is 554 g/mol. The number of aromatic nitrogens is 4. The highest BCUT2D eigenvalue weighted by Gasteiger charge is 2.36. The lowest BCUT2D eigenvalue weighted by molar-refractivity contribution is -0.128. The first-order valence-corrected chi connectivity index (χ1v) is 15.7. The van der Waals surface area contributed by atoms with E-state index in [1.54, 1.807) is 11.1 Å². The topological polar surface area (TPSA) is 114 Å². The zero-order chi connectivity index (χ0) is 31.2. The second kappa shape index (κ2) is 11.7. The number of nitrogens with zero attached hydrogens (tertiary/aromatic N) is 9. The van der Waals surface area contributed by atoms with Crippen LogP contribution < -0.4 is 15.4 Å². The Kier molecular flexibility index (Phi) is 7.88. The summed E-state index contributed by atoms with van der Waals surface area (Å²) in [6, 6.07) is 8.42. The molecule has 0 spiro atoms. The summed E-state index contributed by atoms with van der Waals surface area (Å²) in [5.74, 6) is 0.940. The van der Waals surface area contributed by atoms with Crippen molar-refractivity contribution in [3.05, 3.63) is 58.5 Å². The second-order valence-corrected chi connectivity index (χ2v) is 12.6. The fourth-order valence-corrected chi connectivity index (χ4v) is 7.20. The number of amides is 1. The van der Waals surface area contributed by atoms with Crippen molar-refractivity contribution in [1.82, 2.24) is 29.5 Å². The number of hydrogen-bond acceptors (Lipinski definition) is 9. The maximum atomic E-state index is 14.3. The molecule has 1 unspecified atom stereocenters. The molecule has 1 atom stereocenters. The van der Waals surface area contributed by atoms with E-state index in [-0.39, 0.29) is 29.3 Å². The van der Waals surface area contributed by atoms with Crippen molar-refractivity contribution in [2.75, 3.05) is 55.6 Å². The molecule has 2 fully saturated rings. The molecule has 6 rings (SSSR count). The van der Waals surface area contributed by atoms with Gasteiger partial charge in [-0.1, -0.05) is 46.4 Å². The number of rotatable bonds is 8. The Bertz CT molecular complexity index is 1700. The molecule has 3 aliphatic rings. The van der Waals surface area contributed by atoms with Crippen molar-refractivity contribution in [2.45, 2.75) is 64.5 Å². The van der Waals surface area contributed by atoms with Crippen LogP contribution in [0.4, 0.5) is 11.8 Å². The van der Waals surface area contributed by atoms with Crippen LogP contribution in [0.25, 0.3) is 16.6 Å². The second-order valence-electron chi connectivity index (χ2n) is 12.6. The molecule has 2 aromatic heterocycles. The zero-order valence-corrected chi connectivity index (χ0v) is 26.2. The highest BCUT2D eigenvalue weighted by molar-refractivity contribution is 5.90. The first kappa shape index (κ1) is 29.8. The lowest BCUT2D eigenvalue weighted by atomic mass is 9.85. The fourth-order valence-electron chi connectivity index (χ4n) is 7.20. The minimum absolute atomic E-state index is 0.0701. The molecule has 1 aromatic carbocycles. The highest BCUT2D eigenvalue weighted by atomic mass is 16.2. The van der Waals surface area contributed by atoms with E-state index in [0.29, 0.717) is 48.3 Å². The number of piperazine rings is 1. The molecule has 44 heavy (non-hydrogen) atoms. The van der Waals surface area contributed by atoms with Gasteiger partial charge in [0, 0.05) is 38.8 Å². The van der Waals surface area contributed by atoms with Crippen molar-refractivity contribution < 1.29 is 4.79 Å². The smallest absolute Gasteiger partial charge is 0.298 e. The van der Waals surface area contributed by atoms with Crippen LogP contribution in [0.2, 0.25) is 0 Å². The predicted octanol–water partition coefficient (Wildman–Crippen LogP) is 3.05. The van der Waals surface area contributed by atoms with Crippen LogP contribution in [0, 0.1) is 11.3 Å². The Hall–Kier alpha value is -4.30. The van der Waals surface area contributed by atoms with Crippen LogP contribution in [-0.2, 0) is 16.6 Å². The van der Waals surface area contributed by atoms with Gasteiger partial charge in [0.25, 0.3) is 5.56 Å². The number of aryl methyl sites for hydroxylation is 1. The Morgan fingerprint density at radius 3 is 2.64 bits per heavy atom. The van der Waals surface area contributed by atoms with Crippen molar-refractivity contribution in [1.29, 1.82) is 5.26 Å². The van der Waals surface area contributed by atoms with Crippen LogP contribution in [0.5, 0.6) is 0 Å². The highest BCUT2D eigenvalue weighted by Crippen LogP contribution is 2.41. The maximum Gasteiger partial charge on any atom is 0.298 e. The largest absolute Gasteiger partial charge is 0.352 e. The molecule has 0 radical (unpaired) electrons. The molecule has 0 saturated carbocycles. The van der Waals surface area contributed by atoms with Gasteiger partial charge in [-0.25, -0.2) is 4.98 Å². The van der Waals surface area contributed by atoms with Gasteiger partial charge in [0.15, 0.2) is 0 Å². The minimum atomic E-state index is -0.328. The molecule has 230 valence electrons. The van der Waals surface area contributed by atoms with E-state index in [4.69, 9.17) is 15.1 Å². The summed E-state index contributed by atoms with van der Waals surface area (Å²) in [4.78, 5) is 45.1. The average molecular weight is 596 g/mol. The number of fused-ring (bicyclic) bond motifs is 2. The van der Waals surface area contributed by atoms with Crippen molar-refractivity contribution in [3.8, 4) is 11.8 Å². The van der Waals surface area contributed by atoms with E-state index in [9.17, 15) is 14.9 Å². The van der Waals surface area contributed by atoms with E-state index in [1.807, 2.05) is 12.1 Å². The van der Waals surface area contributed by atoms with Gasteiger partial charge >= 0.3 is 0 Å². The summed E-state index contributed by atoms with van der Waals surface area (Å²) < 4.78 is 1.50. The summed E-state index contributed by atoms with van der Waals surface area (Å²) >= 11 is 0. The lowest BCUT2D eigenvalue weighted by Gasteiger charge is -2.45. The molecule has 3 aromatic rings. The summed E-state index contributed by atoms with van der Waals surface area (Å²) in [6.45, 7) is 17.2. The SMILES string of the molecule is C=CC(=O)N1CCN(c2nc(N3CC(N(CC)CC)C3)nc3c(=O)n(-c4cccc5c4C(C)(C)CC5)ncc23)CC1CC#N. The standard InChI is InChI=1S/C33H41N9O2/c1-6-27(43)41-17-16-39(19-23(41)13-15-34)30-25-18-35-42(26-11-9-10-22-12-14-33(4,5)28(22)26)31(44)29(25)36-32(37-30)40-20-24(21-40)38(7-2)8-3/h6,9-11,18,23-24H,1,7-8,12-14,16-17,19-21H2,2-5H3. The third-order valence-corrected chi connectivity index (χ3v) is 9.70. The van der Waals surface area contributed by atoms with Gasteiger partial charge in [-0.05, 0) is 54.6 Å². The average Bonchev–Trinajstić information content (AvgIpc) is 3.33. The molecule has 0 N–H and O–H groups in total. The molecule has 2 aliphatic heterocycles.